The molecule has 0 aliphatic heterocycles. The van der Waals surface area contributed by atoms with Crippen LogP contribution in [0, 0.1) is 0 Å². The van der Waals surface area contributed by atoms with E-state index in [-0.39, 0.29) is 0 Å². The van der Waals surface area contributed by atoms with Crippen LogP contribution in [-0.2, 0) is 13.9 Å². The van der Waals surface area contributed by atoms with Gasteiger partial charge in [0.2, 0.25) is 0 Å². The summed E-state index contributed by atoms with van der Waals surface area (Å²) in [6, 6.07) is 0. The van der Waals surface area contributed by atoms with Gasteiger partial charge >= 0.3 is 49.1 Å². The fourth-order valence-corrected chi connectivity index (χ4v) is 1.43. The SMILES string of the molecule is [CH3][Sn][O]S(=O)O. The van der Waals surface area contributed by atoms with Gasteiger partial charge in [0.15, 0.2) is 0 Å². The molecule has 1 atom stereocenters. The molecular formula is CH4O3SSn. The van der Waals surface area contributed by atoms with Crippen LogP contribution < -0.4 is 0 Å². The Morgan fingerprint density at radius 1 is 2.00 bits per heavy atom. The van der Waals surface area contributed by atoms with Gasteiger partial charge < -0.3 is 0 Å². The first-order valence-corrected chi connectivity index (χ1v) is 6.27. The molecule has 0 fully saturated rings. The van der Waals surface area contributed by atoms with E-state index in [1.807, 2.05) is 4.94 Å². The van der Waals surface area contributed by atoms with Gasteiger partial charge in [-0.25, -0.2) is 0 Å². The molecule has 1 unspecified atom stereocenters. The Balaban J connectivity index is 2.83. The fraction of sp³-hybridized carbons (Fsp3) is 1.00. The molecule has 5 heteroatoms. The van der Waals surface area contributed by atoms with E-state index in [9.17, 15) is 4.21 Å². The van der Waals surface area contributed by atoms with Crippen molar-refractivity contribution >= 4 is 32.9 Å². The van der Waals surface area contributed by atoms with Crippen LogP contribution >= 0.6 is 0 Å². The van der Waals surface area contributed by atoms with Crippen LogP contribution in [0.3, 0.4) is 0 Å². The average molecular weight is 215 g/mol. The van der Waals surface area contributed by atoms with E-state index in [1.165, 1.54) is 0 Å². The maximum absolute atomic E-state index is 9.53. The molecule has 0 aliphatic carbocycles. The Bertz CT molecular complexity index is 54.8. The zero-order valence-corrected chi connectivity index (χ0v) is 6.84. The first-order chi connectivity index (χ1) is 2.77. The van der Waals surface area contributed by atoms with Crippen molar-refractivity contribution in [1.29, 1.82) is 0 Å². The Labute approximate surface area is 49.3 Å². The summed E-state index contributed by atoms with van der Waals surface area (Å²) in [6.07, 6.45) is 0. The van der Waals surface area contributed by atoms with E-state index in [0.717, 1.165) is 0 Å². The summed E-state index contributed by atoms with van der Waals surface area (Å²) in [5, 5.41) is 0. The summed E-state index contributed by atoms with van der Waals surface area (Å²) in [7, 11) is 0. The maximum atomic E-state index is 9.53. The van der Waals surface area contributed by atoms with Crippen molar-refractivity contribution in [3.63, 3.8) is 0 Å². The van der Waals surface area contributed by atoms with Gasteiger partial charge in [-0.1, -0.05) is 0 Å². The third-order valence-corrected chi connectivity index (χ3v) is 3.11. The number of hydrogen-bond donors (Lipinski definition) is 1. The molecule has 36 valence electrons. The van der Waals surface area contributed by atoms with Gasteiger partial charge in [-0.3, -0.25) is 0 Å². The molecule has 0 saturated heterocycles. The Hall–Kier alpha value is 0.869. The molecule has 0 bridgehead atoms. The van der Waals surface area contributed by atoms with Crippen molar-refractivity contribution in [1.82, 2.24) is 0 Å². The average Bonchev–Trinajstić information content (AvgIpc) is 1.35. The van der Waals surface area contributed by atoms with Crippen LogP contribution in [0.5, 0.6) is 0 Å². The number of hydrogen-bond acceptors (Lipinski definition) is 2. The van der Waals surface area contributed by atoms with Gasteiger partial charge in [0, 0.05) is 0 Å². The molecule has 3 nitrogen and oxygen atoms in total. The van der Waals surface area contributed by atoms with Crippen molar-refractivity contribution in [3.8, 4) is 0 Å². The van der Waals surface area contributed by atoms with Crippen molar-refractivity contribution < 1.29 is 11.3 Å². The summed E-state index contributed by atoms with van der Waals surface area (Å²) < 4.78 is 21.6. The fourth-order valence-electron chi connectivity index (χ4n) is 0.0713. The van der Waals surface area contributed by atoms with Crippen LogP contribution in [0.4, 0.5) is 0 Å². The van der Waals surface area contributed by atoms with Crippen LogP contribution in [0.2, 0.25) is 4.94 Å². The van der Waals surface area contributed by atoms with E-state index in [0.29, 0.717) is 0 Å². The predicted molar refractivity (Wildman–Crippen MR) is 23.5 cm³/mol. The van der Waals surface area contributed by atoms with Crippen molar-refractivity contribution in [2.45, 2.75) is 4.94 Å². The van der Waals surface area contributed by atoms with Gasteiger partial charge in [0.1, 0.15) is 0 Å². The van der Waals surface area contributed by atoms with Crippen LogP contribution in [0.25, 0.3) is 0 Å². The number of rotatable bonds is 2. The van der Waals surface area contributed by atoms with E-state index in [1.54, 1.807) is 0 Å². The van der Waals surface area contributed by atoms with Crippen LogP contribution in [-0.4, -0.2) is 30.3 Å². The summed E-state index contributed by atoms with van der Waals surface area (Å²) in [5.41, 5.74) is 0. The molecule has 6 heavy (non-hydrogen) atoms. The second-order valence-corrected chi connectivity index (χ2v) is 3.70. The molecular weight excluding hydrogens is 211 g/mol. The van der Waals surface area contributed by atoms with Crippen molar-refractivity contribution in [2.24, 2.45) is 0 Å². The zero-order valence-electron chi connectivity index (χ0n) is 3.17. The minimum absolute atomic E-state index is 0.900. The predicted octanol–water partition coefficient (Wildman–Crippen LogP) is -0.193. The van der Waals surface area contributed by atoms with Crippen molar-refractivity contribution in [3.05, 3.63) is 0 Å². The molecule has 1 N–H and O–H groups in total. The summed E-state index contributed by atoms with van der Waals surface area (Å²) in [4.78, 5) is 1.82. The summed E-state index contributed by atoms with van der Waals surface area (Å²) in [5.74, 6) is 0. The normalized spacial score (nSPS) is 14.3. The molecule has 0 aliphatic rings. The summed E-state index contributed by atoms with van der Waals surface area (Å²) >= 11 is -2.89. The third kappa shape index (κ3) is 4.87. The van der Waals surface area contributed by atoms with Crippen molar-refractivity contribution in [2.75, 3.05) is 0 Å². The van der Waals surface area contributed by atoms with E-state index in [4.69, 9.17) is 4.55 Å². The first kappa shape index (κ1) is 6.87. The van der Waals surface area contributed by atoms with E-state index in [2.05, 4.69) is 2.52 Å². The second-order valence-electron chi connectivity index (χ2n) is 0.505. The molecule has 0 rings (SSSR count). The van der Waals surface area contributed by atoms with Gasteiger partial charge in [0.25, 0.3) is 0 Å². The van der Waals surface area contributed by atoms with Gasteiger partial charge in [0.05, 0.1) is 0 Å². The molecule has 0 heterocycles. The molecule has 0 saturated carbocycles. The Kier molecular flexibility index (Phi) is 4.62. The van der Waals surface area contributed by atoms with Gasteiger partial charge in [-0.15, -0.1) is 0 Å². The van der Waals surface area contributed by atoms with Crippen LogP contribution in [0.15, 0.2) is 0 Å². The topological polar surface area (TPSA) is 46.5 Å². The zero-order chi connectivity index (χ0) is 4.99. The molecule has 0 spiro atoms. The minimum atomic E-state index is -1.99. The standard InChI is InChI=1S/CH3.H2O3S.Sn/c;1-4(2)3;/h1H3;(H2,1,2,3);/q;;+1/p-1. The Morgan fingerprint density at radius 3 is 2.50 bits per heavy atom. The van der Waals surface area contributed by atoms with E-state index < -0.39 is 32.9 Å². The Morgan fingerprint density at radius 2 is 2.50 bits per heavy atom. The first-order valence-electron chi connectivity index (χ1n) is 1.22. The molecule has 0 aromatic carbocycles. The molecule has 2 radical (unpaired) electrons. The van der Waals surface area contributed by atoms with E-state index >= 15 is 0 Å². The monoisotopic (exact) mass is 216 g/mol. The second kappa shape index (κ2) is 4.04. The molecule has 0 amide bonds. The van der Waals surface area contributed by atoms with Gasteiger partial charge in [-0.2, -0.15) is 0 Å². The van der Waals surface area contributed by atoms with Crippen LogP contribution in [0.1, 0.15) is 0 Å². The summed E-state index contributed by atoms with van der Waals surface area (Å²) in [6.45, 7) is 0. The van der Waals surface area contributed by atoms with Gasteiger partial charge in [-0.05, 0) is 0 Å². The molecule has 0 aromatic heterocycles. The third-order valence-electron chi connectivity index (χ3n) is 0.155. The molecule has 0 aromatic rings. The quantitative estimate of drug-likeness (QED) is 0.512.